The molecule has 0 bridgehead atoms. The molecule has 1 aliphatic heterocycles. The van der Waals surface area contributed by atoms with E-state index in [2.05, 4.69) is 5.32 Å². The average Bonchev–Trinajstić information content (AvgIpc) is 2.75. The van der Waals surface area contributed by atoms with E-state index in [-0.39, 0.29) is 32.4 Å². The zero-order valence-electron chi connectivity index (χ0n) is 17.4. The molecule has 1 aliphatic rings. The lowest BCUT2D eigenvalue weighted by Crippen LogP contribution is -2.54. The molecular formula is C22H19Cl3N2O5. The maximum Gasteiger partial charge on any atom is 0.336 e. The van der Waals surface area contributed by atoms with E-state index in [0.717, 1.165) is 11.3 Å². The SMILES string of the molecule is CC[C@H](C)Oc1c(Cl)cc(/C=C2\C(=O)NC(=O)N(c3cccc(Cl)c3Cl)C2=O)cc1OC. The number of methoxy groups -OCH3 is 1. The number of amides is 4. The number of nitrogens with one attached hydrogen (secondary N) is 1. The van der Waals surface area contributed by atoms with Crippen LogP contribution in [0.4, 0.5) is 10.5 Å². The van der Waals surface area contributed by atoms with Crippen LogP contribution in [0.3, 0.4) is 0 Å². The number of anilines is 1. The summed E-state index contributed by atoms with van der Waals surface area (Å²) in [6.07, 6.45) is 1.96. The Labute approximate surface area is 199 Å². The predicted molar refractivity (Wildman–Crippen MR) is 124 cm³/mol. The molecule has 3 rings (SSSR count). The summed E-state index contributed by atoms with van der Waals surface area (Å²) in [6.45, 7) is 3.86. The van der Waals surface area contributed by atoms with Gasteiger partial charge in [-0.15, -0.1) is 0 Å². The van der Waals surface area contributed by atoms with Gasteiger partial charge < -0.3 is 9.47 Å². The summed E-state index contributed by atoms with van der Waals surface area (Å²) in [6, 6.07) is 6.66. The second-order valence-electron chi connectivity index (χ2n) is 6.90. The Hall–Kier alpha value is -2.74. The zero-order valence-corrected chi connectivity index (χ0v) is 19.6. The van der Waals surface area contributed by atoms with Gasteiger partial charge in [0.25, 0.3) is 11.8 Å². The third-order valence-electron chi connectivity index (χ3n) is 4.73. The highest BCUT2D eigenvalue weighted by Crippen LogP contribution is 2.39. The van der Waals surface area contributed by atoms with Crippen molar-refractivity contribution in [1.29, 1.82) is 0 Å². The third-order valence-corrected chi connectivity index (χ3v) is 5.82. The first kappa shape index (κ1) is 23.9. The maximum atomic E-state index is 13.1. The lowest BCUT2D eigenvalue weighted by Gasteiger charge is -2.27. The highest BCUT2D eigenvalue weighted by molar-refractivity contribution is 6.46. The molecule has 1 saturated heterocycles. The molecule has 4 amide bonds. The van der Waals surface area contributed by atoms with Crippen LogP contribution < -0.4 is 19.7 Å². The number of nitrogens with zero attached hydrogens (tertiary/aromatic N) is 1. The number of urea groups is 1. The van der Waals surface area contributed by atoms with Gasteiger partial charge in [0.15, 0.2) is 11.5 Å². The van der Waals surface area contributed by atoms with Crippen LogP contribution in [-0.2, 0) is 9.59 Å². The van der Waals surface area contributed by atoms with Crippen molar-refractivity contribution in [1.82, 2.24) is 5.32 Å². The minimum atomic E-state index is -0.936. The predicted octanol–water partition coefficient (Wildman–Crippen LogP) is 5.50. The first-order valence-corrected chi connectivity index (χ1v) is 10.7. The highest BCUT2D eigenvalue weighted by atomic mass is 35.5. The lowest BCUT2D eigenvalue weighted by molar-refractivity contribution is -0.122. The Balaban J connectivity index is 2.04. The number of barbiturate groups is 1. The van der Waals surface area contributed by atoms with Gasteiger partial charge in [-0.1, -0.05) is 47.8 Å². The van der Waals surface area contributed by atoms with Crippen molar-refractivity contribution in [2.75, 3.05) is 12.0 Å². The number of hydrogen-bond donors (Lipinski definition) is 1. The number of rotatable bonds is 6. The quantitative estimate of drug-likeness (QED) is 0.421. The van der Waals surface area contributed by atoms with Crippen molar-refractivity contribution >= 4 is 64.4 Å². The summed E-state index contributed by atoms with van der Waals surface area (Å²) in [5.74, 6) is -1.03. The van der Waals surface area contributed by atoms with Gasteiger partial charge in [0.1, 0.15) is 5.57 Å². The van der Waals surface area contributed by atoms with Crippen molar-refractivity contribution in [3.05, 3.63) is 56.5 Å². The monoisotopic (exact) mass is 496 g/mol. The van der Waals surface area contributed by atoms with Gasteiger partial charge in [-0.2, -0.15) is 0 Å². The van der Waals surface area contributed by atoms with E-state index in [4.69, 9.17) is 44.3 Å². The van der Waals surface area contributed by atoms with Crippen LogP contribution in [0.25, 0.3) is 6.08 Å². The standard InChI is InChI=1S/C22H19Cl3N2O5/c1-4-11(2)32-19-15(24)9-12(10-17(19)31-3)8-13-20(28)26-22(30)27(21(13)29)16-7-5-6-14(23)18(16)25/h5-11H,4H2,1-3H3,(H,26,28,30)/b13-8+/t11-/m0/s1. The molecule has 0 aromatic heterocycles. The van der Waals surface area contributed by atoms with E-state index >= 15 is 0 Å². The number of carbonyl (C=O) groups excluding carboxylic acids is 3. The van der Waals surface area contributed by atoms with E-state index in [1.165, 1.54) is 37.5 Å². The van der Waals surface area contributed by atoms with Crippen molar-refractivity contribution < 1.29 is 23.9 Å². The molecule has 1 heterocycles. The summed E-state index contributed by atoms with van der Waals surface area (Å²) in [4.78, 5) is 38.7. The van der Waals surface area contributed by atoms with Gasteiger partial charge >= 0.3 is 6.03 Å². The summed E-state index contributed by atoms with van der Waals surface area (Å²) in [7, 11) is 1.45. The summed E-state index contributed by atoms with van der Waals surface area (Å²) >= 11 is 18.6. The topological polar surface area (TPSA) is 84.9 Å². The molecule has 32 heavy (non-hydrogen) atoms. The summed E-state index contributed by atoms with van der Waals surface area (Å²) < 4.78 is 11.2. The summed E-state index contributed by atoms with van der Waals surface area (Å²) in [5.41, 5.74) is 0.149. The highest BCUT2D eigenvalue weighted by Gasteiger charge is 2.38. The minimum absolute atomic E-state index is 0.00243. The molecule has 10 heteroatoms. The normalized spacial score (nSPS) is 16.2. The molecule has 1 N–H and O–H groups in total. The van der Waals surface area contributed by atoms with E-state index in [1.54, 1.807) is 6.07 Å². The number of hydrogen-bond acceptors (Lipinski definition) is 5. The molecule has 2 aromatic rings. The Morgan fingerprint density at radius 1 is 1.12 bits per heavy atom. The molecule has 0 aliphatic carbocycles. The largest absolute Gasteiger partial charge is 0.493 e. The van der Waals surface area contributed by atoms with E-state index in [9.17, 15) is 14.4 Å². The fraction of sp³-hybridized carbons (Fsp3) is 0.227. The minimum Gasteiger partial charge on any atom is -0.493 e. The van der Waals surface area contributed by atoms with Gasteiger partial charge in [-0.3, -0.25) is 14.9 Å². The Kier molecular flexibility index (Phi) is 7.33. The molecule has 0 unspecified atom stereocenters. The molecule has 1 fully saturated rings. The Morgan fingerprint density at radius 2 is 1.84 bits per heavy atom. The lowest BCUT2D eigenvalue weighted by atomic mass is 10.1. The van der Waals surface area contributed by atoms with Crippen LogP contribution in [0.15, 0.2) is 35.9 Å². The molecule has 0 saturated carbocycles. The molecule has 0 spiro atoms. The third kappa shape index (κ3) is 4.70. The van der Waals surface area contributed by atoms with Crippen LogP contribution in [-0.4, -0.2) is 31.1 Å². The molecular weight excluding hydrogens is 479 g/mol. The fourth-order valence-corrected chi connectivity index (χ4v) is 3.57. The van der Waals surface area contributed by atoms with E-state index < -0.39 is 17.8 Å². The van der Waals surface area contributed by atoms with E-state index in [0.29, 0.717) is 17.1 Å². The van der Waals surface area contributed by atoms with Crippen LogP contribution in [0, 0.1) is 0 Å². The van der Waals surface area contributed by atoms with Gasteiger partial charge in [0.2, 0.25) is 0 Å². The van der Waals surface area contributed by atoms with Crippen LogP contribution in [0.1, 0.15) is 25.8 Å². The second-order valence-corrected chi connectivity index (χ2v) is 8.09. The molecule has 168 valence electrons. The number of ether oxygens (including phenoxy) is 2. The first-order valence-electron chi connectivity index (χ1n) is 9.57. The molecule has 1 atom stereocenters. The Bertz CT molecular complexity index is 1130. The number of benzene rings is 2. The molecule has 2 aromatic carbocycles. The van der Waals surface area contributed by atoms with Gasteiger partial charge in [0, 0.05) is 0 Å². The van der Waals surface area contributed by atoms with Gasteiger partial charge in [0.05, 0.1) is 34.0 Å². The van der Waals surface area contributed by atoms with E-state index in [1.807, 2.05) is 13.8 Å². The van der Waals surface area contributed by atoms with Gasteiger partial charge in [-0.05, 0) is 49.2 Å². The maximum absolute atomic E-state index is 13.1. The van der Waals surface area contributed by atoms with Gasteiger partial charge in [-0.25, -0.2) is 9.69 Å². The smallest absolute Gasteiger partial charge is 0.336 e. The Morgan fingerprint density at radius 3 is 2.50 bits per heavy atom. The number of carbonyl (C=O) groups is 3. The first-order chi connectivity index (χ1) is 15.2. The van der Waals surface area contributed by atoms with Crippen molar-refractivity contribution in [3.8, 4) is 11.5 Å². The van der Waals surface area contributed by atoms with Crippen molar-refractivity contribution in [2.24, 2.45) is 0 Å². The second kappa shape index (κ2) is 9.81. The molecule has 7 nitrogen and oxygen atoms in total. The van der Waals surface area contributed by atoms with Crippen LogP contribution >= 0.6 is 34.8 Å². The zero-order chi connectivity index (χ0) is 23.6. The number of imide groups is 2. The molecule has 0 radical (unpaired) electrons. The van der Waals surface area contributed by atoms with Crippen molar-refractivity contribution in [3.63, 3.8) is 0 Å². The van der Waals surface area contributed by atoms with Crippen LogP contribution in [0.2, 0.25) is 15.1 Å². The number of halogens is 3. The summed E-state index contributed by atoms with van der Waals surface area (Å²) in [5, 5.41) is 2.53. The average molecular weight is 498 g/mol. The van der Waals surface area contributed by atoms with Crippen molar-refractivity contribution in [2.45, 2.75) is 26.4 Å². The fourth-order valence-electron chi connectivity index (χ4n) is 2.93. The van der Waals surface area contributed by atoms with Crippen LogP contribution in [0.5, 0.6) is 11.5 Å².